The lowest BCUT2D eigenvalue weighted by Crippen LogP contribution is -2.31. The SMILES string of the molecule is C#CCCCC(CC1CCCC1)NCCC. The second kappa shape index (κ2) is 8.65. The quantitative estimate of drug-likeness (QED) is 0.486. The minimum absolute atomic E-state index is 0.719. The van der Waals surface area contributed by atoms with E-state index in [4.69, 9.17) is 6.42 Å². The summed E-state index contributed by atoms with van der Waals surface area (Å²) >= 11 is 0. The predicted molar refractivity (Wildman–Crippen MR) is 71.3 cm³/mol. The molecule has 0 saturated heterocycles. The minimum atomic E-state index is 0.719. The molecule has 1 aliphatic carbocycles. The molecule has 0 amide bonds. The molecule has 0 aromatic rings. The van der Waals surface area contributed by atoms with Crippen LogP contribution in [0, 0.1) is 18.3 Å². The second-order valence-electron chi connectivity index (χ2n) is 5.13. The molecule has 1 aliphatic rings. The number of rotatable bonds is 8. The first kappa shape index (κ1) is 13.6. The Morgan fingerprint density at radius 1 is 1.38 bits per heavy atom. The van der Waals surface area contributed by atoms with Gasteiger partial charge < -0.3 is 5.32 Å². The summed E-state index contributed by atoms with van der Waals surface area (Å²) < 4.78 is 0. The van der Waals surface area contributed by atoms with Gasteiger partial charge in [0.05, 0.1) is 0 Å². The average molecular weight is 221 g/mol. The first-order valence-corrected chi connectivity index (χ1v) is 7.03. The van der Waals surface area contributed by atoms with Crippen LogP contribution in [-0.4, -0.2) is 12.6 Å². The fourth-order valence-corrected chi connectivity index (χ4v) is 2.75. The van der Waals surface area contributed by atoms with Crippen LogP contribution in [0.2, 0.25) is 0 Å². The molecule has 92 valence electrons. The third-order valence-corrected chi connectivity index (χ3v) is 3.65. The standard InChI is InChI=1S/C15H27N/c1-3-5-6-11-15(16-12-4-2)13-14-9-7-8-10-14/h1,14-16H,4-13H2,2H3. The Morgan fingerprint density at radius 2 is 2.12 bits per heavy atom. The molecule has 1 heteroatoms. The third-order valence-electron chi connectivity index (χ3n) is 3.65. The van der Waals surface area contributed by atoms with Gasteiger partial charge in [-0.3, -0.25) is 0 Å². The summed E-state index contributed by atoms with van der Waals surface area (Å²) in [6.07, 6.45) is 17.1. The molecule has 1 N–H and O–H groups in total. The Bertz CT molecular complexity index is 198. The highest BCUT2D eigenvalue weighted by molar-refractivity contribution is 4.84. The molecular weight excluding hydrogens is 194 g/mol. The summed E-state index contributed by atoms with van der Waals surface area (Å²) in [6.45, 7) is 3.40. The van der Waals surface area contributed by atoms with Gasteiger partial charge in [0.15, 0.2) is 0 Å². The average Bonchev–Trinajstić information content (AvgIpc) is 2.78. The molecule has 1 nitrogen and oxygen atoms in total. The molecule has 0 radical (unpaired) electrons. The van der Waals surface area contributed by atoms with Gasteiger partial charge in [-0.15, -0.1) is 12.3 Å². The van der Waals surface area contributed by atoms with E-state index in [0.29, 0.717) is 0 Å². The van der Waals surface area contributed by atoms with E-state index in [1.807, 2.05) is 0 Å². The highest BCUT2D eigenvalue weighted by atomic mass is 14.9. The van der Waals surface area contributed by atoms with E-state index in [1.54, 1.807) is 0 Å². The number of nitrogens with one attached hydrogen (secondary N) is 1. The highest BCUT2D eigenvalue weighted by Crippen LogP contribution is 2.29. The van der Waals surface area contributed by atoms with Gasteiger partial charge >= 0.3 is 0 Å². The zero-order valence-electron chi connectivity index (χ0n) is 10.8. The van der Waals surface area contributed by atoms with Crippen LogP contribution in [0.25, 0.3) is 0 Å². The molecule has 1 rings (SSSR count). The maximum absolute atomic E-state index is 5.31. The van der Waals surface area contributed by atoms with E-state index in [-0.39, 0.29) is 0 Å². The van der Waals surface area contributed by atoms with Crippen molar-refractivity contribution in [1.29, 1.82) is 0 Å². The molecule has 1 saturated carbocycles. The van der Waals surface area contributed by atoms with E-state index in [1.165, 1.54) is 51.4 Å². The Morgan fingerprint density at radius 3 is 2.75 bits per heavy atom. The molecule has 1 fully saturated rings. The number of hydrogen-bond acceptors (Lipinski definition) is 1. The van der Waals surface area contributed by atoms with Gasteiger partial charge in [-0.05, 0) is 38.1 Å². The van der Waals surface area contributed by atoms with Gasteiger partial charge in [0.25, 0.3) is 0 Å². The van der Waals surface area contributed by atoms with Crippen LogP contribution in [-0.2, 0) is 0 Å². The van der Waals surface area contributed by atoms with Crippen LogP contribution in [0.5, 0.6) is 0 Å². The lowest BCUT2D eigenvalue weighted by Gasteiger charge is -2.21. The Labute approximate surface area is 101 Å². The Balaban J connectivity index is 2.21. The number of terminal acetylenes is 1. The molecule has 0 aromatic heterocycles. The van der Waals surface area contributed by atoms with E-state index in [2.05, 4.69) is 18.2 Å². The van der Waals surface area contributed by atoms with Crippen LogP contribution < -0.4 is 5.32 Å². The zero-order chi connectivity index (χ0) is 11.6. The molecule has 0 aliphatic heterocycles. The largest absolute Gasteiger partial charge is 0.314 e. The van der Waals surface area contributed by atoms with Gasteiger partial charge in [-0.2, -0.15) is 0 Å². The van der Waals surface area contributed by atoms with Crippen molar-refractivity contribution in [3.8, 4) is 12.3 Å². The zero-order valence-corrected chi connectivity index (χ0v) is 10.8. The fraction of sp³-hybridized carbons (Fsp3) is 0.867. The maximum atomic E-state index is 5.31. The van der Waals surface area contributed by atoms with E-state index < -0.39 is 0 Å². The molecule has 1 atom stereocenters. The van der Waals surface area contributed by atoms with Gasteiger partial charge in [0, 0.05) is 12.5 Å². The third kappa shape index (κ3) is 5.56. The molecule has 1 unspecified atom stereocenters. The fourth-order valence-electron chi connectivity index (χ4n) is 2.75. The minimum Gasteiger partial charge on any atom is -0.314 e. The van der Waals surface area contributed by atoms with Crippen molar-refractivity contribution in [1.82, 2.24) is 5.32 Å². The van der Waals surface area contributed by atoms with Crippen molar-refractivity contribution in [2.24, 2.45) is 5.92 Å². The highest BCUT2D eigenvalue weighted by Gasteiger charge is 2.19. The lowest BCUT2D eigenvalue weighted by atomic mass is 9.95. The molecular formula is C15H27N. The number of unbranched alkanes of at least 4 members (excludes halogenated alkanes) is 1. The molecule has 0 heterocycles. The van der Waals surface area contributed by atoms with Crippen molar-refractivity contribution in [2.45, 2.75) is 70.8 Å². The summed E-state index contributed by atoms with van der Waals surface area (Å²) in [5, 5.41) is 3.69. The van der Waals surface area contributed by atoms with Crippen LogP contribution in [0.15, 0.2) is 0 Å². The van der Waals surface area contributed by atoms with Crippen molar-refractivity contribution in [2.75, 3.05) is 6.54 Å². The first-order chi connectivity index (χ1) is 7.86. The second-order valence-corrected chi connectivity index (χ2v) is 5.13. The maximum Gasteiger partial charge on any atom is 0.00866 e. The van der Waals surface area contributed by atoms with Crippen LogP contribution >= 0.6 is 0 Å². The monoisotopic (exact) mass is 221 g/mol. The summed E-state index contributed by atoms with van der Waals surface area (Å²) in [5.74, 6) is 3.73. The van der Waals surface area contributed by atoms with E-state index in [9.17, 15) is 0 Å². The van der Waals surface area contributed by atoms with Crippen LogP contribution in [0.3, 0.4) is 0 Å². The van der Waals surface area contributed by atoms with Crippen molar-refractivity contribution in [3.05, 3.63) is 0 Å². The van der Waals surface area contributed by atoms with Gasteiger partial charge in [-0.25, -0.2) is 0 Å². The molecule has 0 aromatic carbocycles. The van der Waals surface area contributed by atoms with Crippen LogP contribution in [0.1, 0.15) is 64.7 Å². The molecule has 0 bridgehead atoms. The summed E-state index contributed by atoms with van der Waals surface area (Å²) in [6, 6.07) is 0.719. The summed E-state index contributed by atoms with van der Waals surface area (Å²) in [5.41, 5.74) is 0. The Hall–Kier alpha value is -0.480. The lowest BCUT2D eigenvalue weighted by molar-refractivity contribution is 0.366. The van der Waals surface area contributed by atoms with Crippen molar-refractivity contribution >= 4 is 0 Å². The van der Waals surface area contributed by atoms with E-state index >= 15 is 0 Å². The normalized spacial score (nSPS) is 18.5. The van der Waals surface area contributed by atoms with Crippen molar-refractivity contribution < 1.29 is 0 Å². The molecule has 16 heavy (non-hydrogen) atoms. The van der Waals surface area contributed by atoms with Gasteiger partial charge in [-0.1, -0.05) is 32.6 Å². The van der Waals surface area contributed by atoms with Gasteiger partial charge in [0.1, 0.15) is 0 Å². The predicted octanol–water partition coefficient (Wildman–Crippen LogP) is 3.74. The van der Waals surface area contributed by atoms with Crippen LogP contribution in [0.4, 0.5) is 0 Å². The topological polar surface area (TPSA) is 12.0 Å². The van der Waals surface area contributed by atoms with E-state index in [0.717, 1.165) is 24.9 Å². The summed E-state index contributed by atoms with van der Waals surface area (Å²) in [7, 11) is 0. The molecule has 0 spiro atoms. The summed E-state index contributed by atoms with van der Waals surface area (Å²) in [4.78, 5) is 0. The number of hydrogen-bond donors (Lipinski definition) is 1. The van der Waals surface area contributed by atoms with Gasteiger partial charge in [0.2, 0.25) is 0 Å². The smallest absolute Gasteiger partial charge is 0.00866 e. The Kier molecular flexibility index (Phi) is 7.34. The first-order valence-electron chi connectivity index (χ1n) is 7.03. The van der Waals surface area contributed by atoms with Crippen molar-refractivity contribution in [3.63, 3.8) is 0 Å².